The molecule has 4 nitrogen and oxygen atoms in total. The number of aromatic amines is 1. The van der Waals surface area contributed by atoms with Crippen molar-refractivity contribution in [1.82, 2.24) is 9.97 Å². The highest BCUT2D eigenvalue weighted by Crippen LogP contribution is 2.23. The lowest BCUT2D eigenvalue weighted by molar-refractivity contribution is 0.0837. The summed E-state index contributed by atoms with van der Waals surface area (Å²) in [4.78, 5) is 17.6. The molecule has 0 spiro atoms. The maximum Gasteiger partial charge on any atom is 0.167 e. The van der Waals surface area contributed by atoms with Crippen LogP contribution in [0, 0.1) is 0 Å². The molecule has 0 radical (unpaired) electrons. The molecule has 2 heterocycles. The second-order valence-corrected chi connectivity index (χ2v) is 3.23. The van der Waals surface area contributed by atoms with Gasteiger partial charge in [-0.25, -0.2) is 4.98 Å². The number of nitrogens with one attached hydrogen (secondary N) is 1. The van der Waals surface area contributed by atoms with Gasteiger partial charge in [-0.15, -0.1) is 0 Å². The summed E-state index contributed by atoms with van der Waals surface area (Å²) < 4.78 is 5.24. The molecule has 1 aliphatic heterocycles. The number of carbonyl (C=O) groups is 1. The Morgan fingerprint density at radius 2 is 2.31 bits per heavy atom. The van der Waals surface area contributed by atoms with Crippen molar-refractivity contribution in [2.75, 3.05) is 13.2 Å². The van der Waals surface area contributed by atoms with Crippen LogP contribution >= 0.6 is 0 Å². The van der Waals surface area contributed by atoms with Gasteiger partial charge in [0, 0.05) is 19.1 Å². The third kappa shape index (κ3) is 1.78. The number of ether oxygens (including phenoxy) is 1. The van der Waals surface area contributed by atoms with Crippen LogP contribution in [0.3, 0.4) is 0 Å². The van der Waals surface area contributed by atoms with E-state index in [1.807, 2.05) is 0 Å². The highest BCUT2D eigenvalue weighted by Gasteiger charge is 2.18. The Morgan fingerprint density at radius 1 is 1.54 bits per heavy atom. The second kappa shape index (κ2) is 3.70. The number of imidazole rings is 1. The Morgan fingerprint density at radius 3 is 2.92 bits per heavy atom. The summed E-state index contributed by atoms with van der Waals surface area (Å²) in [5.74, 6) is 1.35. The predicted octanol–water partition coefficient (Wildman–Crippen LogP) is 1.12. The van der Waals surface area contributed by atoms with Crippen molar-refractivity contribution in [2.24, 2.45) is 0 Å². The first-order valence-corrected chi connectivity index (χ1v) is 4.48. The maximum absolute atomic E-state index is 10.4. The van der Waals surface area contributed by atoms with E-state index in [1.165, 1.54) is 0 Å². The van der Waals surface area contributed by atoms with Crippen LogP contribution in [0.2, 0.25) is 0 Å². The Labute approximate surface area is 76.3 Å². The Kier molecular flexibility index (Phi) is 2.40. The number of hydrogen-bond acceptors (Lipinski definition) is 3. The zero-order valence-corrected chi connectivity index (χ0v) is 7.32. The lowest BCUT2D eigenvalue weighted by atomic mass is 10.00. The van der Waals surface area contributed by atoms with Crippen LogP contribution in [-0.2, 0) is 4.74 Å². The molecule has 0 unspecified atom stereocenters. The SMILES string of the molecule is O=Cc1cnc(C2CCOCC2)[nH]1. The predicted molar refractivity (Wildman–Crippen MR) is 46.8 cm³/mol. The van der Waals surface area contributed by atoms with E-state index in [0.29, 0.717) is 11.6 Å². The smallest absolute Gasteiger partial charge is 0.167 e. The number of aldehydes is 1. The molecule has 70 valence electrons. The number of hydrogen-bond donors (Lipinski definition) is 1. The van der Waals surface area contributed by atoms with E-state index in [1.54, 1.807) is 6.20 Å². The first-order chi connectivity index (χ1) is 6.40. The standard InChI is InChI=1S/C9H12N2O2/c12-6-8-5-10-9(11-8)7-1-3-13-4-2-7/h5-7H,1-4H2,(H,10,11). The molecule has 0 aromatic carbocycles. The average Bonchev–Trinajstić information content (AvgIpc) is 2.67. The number of rotatable bonds is 2. The van der Waals surface area contributed by atoms with Gasteiger partial charge in [-0.1, -0.05) is 0 Å². The van der Waals surface area contributed by atoms with E-state index < -0.39 is 0 Å². The van der Waals surface area contributed by atoms with Crippen molar-refractivity contribution in [2.45, 2.75) is 18.8 Å². The van der Waals surface area contributed by atoms with Crippen LogP contribution in [0.4, 0.5) is 0 Å². The van der Waals surface area contributed by atoms with Crippen molar-refractivity contribution >= 4 is 6.29 Å². The van der Waals surface area contributed by atoms with Gasteiger partial charge in [0.2, 0.25) is 0 Å². The Hall–Kier alpha value is -1.16. The Bertz CT molecular complexity index is 290. The van der Waals surface area contributed by atoms with Gasteiger partial charge in [0.25, 0.3) is 0 Å². The van der Waals surface area contributed by atoms with Crippen LogP contribution < -0.4 is 0 Å². The third-order valence-electron chi connectivity index (χ3n) is 2.35. The quantitative estimate of drug-likeness (QED) is 0.694. The minimum atomic E-state index is 0.433. The summed E-state index contributed by atoms with van der Waals surface area (Å²) in [6, 6.07) is 0. The summed E-state index contributed by atoms with van der Waals surface area (Å²) in [6.45, 7) is 1.59. The fraction of sp³-hybridized carbons (Fsp3) is 0.556. The highest BCUT2D eigenvalue weighted by molar-refractivity contribution is 5.71. The normalized spacial score (nSPS) is 18.8. The van der Waals surface area contributed by atoms with Gasteiger partial charge in [0.05, 0.1) is 11.9 Å². The average molecular weight is 180 g/mol. The lowest BCUT2D eigenvalue weighted by Gasteiger charge is -2.19. The molecule has 1 aliphatic rings. The number of H-pyrrole nitrogens is 1. The van der Waals surface area contributed by atoms with E-state index in [2.05, 4.69) is 9.97 Å². The topological polar surface area (TPSA) is 55.0 Å². The summed E-state index contributed by atoms with van der Waals surface area (Å²) in [7, 11) is 0. The molecule has 2 rings (SSSR count). The van der Waals surface area contributed by atoms with Crippen LogP contribution in [0.1, 0.15) is 35.1 Å². The molecule has 0 saturated carbocycles. The molecule has 1 aromatic heterocycles. The summed E-state index contributed by atoms with van der Waals surface area (Å²) >= 11 is 0. The fourth-order valence-electron chi connectivity index (χ4n) is 1.59. The van der Waals surface area contributed by atoms with E-state index >= 15 is 0 Å². The summed E-state index contributed by atoms with van der Waals surface area (Å²) in [5.41, 5.74) is 0.557. The van der Waals surface area contributed by atoms with Crippen LogP contribution in [0.5, 0.6) is 0 Å². The zero-order chi connectivity index (χ0) is 9.10. The fourth-order valence-corrected chi connectivity index (χ4v) is 1.59. The molecule has 0 atom stereocenters. The van der Waals surface area contributed by atoms with Gasteiger partial charge in [-0.05, 0) is 12.8 Å². The molecule has 1 fully saturated rings. The molecule has 0 amide bonds. The van der Waals surface area contributed by atoms with Crippen LogP contribution in [-0.4, -0.2) is 29.5 Å². The largest absolute Gasteiger partial charge is 0.381 e. The number of carbonyl (C=O) groups excluding carboxylic acids is 1. The monoisotopic (exact) mass is 180 g/mol. The second-order valence-electron chi connectivity index (χ2n) is 3.23. The van der Waals surface area contributed by atoms with Gasteiger partial charge in [-0.2, -0.15) is 0 Å². The van der Waals surface area contributed by atoms with Crippen molar-refractivity contribution in [3.05, 3.63) is 17.7 Å². The minimum absolute atomic E-state index is 0.433. The van der Waals surface area contributed by atoms with Crippen LogP contribution in [0.25, 0.3) is 0 Å². The van der Waals surface area contributed by atoms with Crippen molar-refractivity contribution in [3.8, 4) is 0 Å². The van der Waals surface area contributed by atoms with Gasteiger partial charge in [0.1, 0.15) is 5.82 Å². The van der Waals surface area contributed by atoms with E-state index in [-0.39, 0.29) is 0 Å². The molecule has 4 heteroatoms. The molecule has 1 saturated heterocycles. The lowest BCUT2D eigenvalue weighted by Crippen LogP contribution is -2.15. The summed E-state index contributed by atoms with van der Waals surface area (Å²) in [5, 5.41) is 0. The van der Waals surface area contributed by atoms with Gasteiger partial charge in [0.15, 0.2) is 6.29 Å². The van der Waals surface area contributed by atoms with Crippen LogP contribution in [0.15, 0.2) is 6.20 Å². The number of nitrogens with zero attached hydrogens (tertiary/aromatic N) is 1. The molecular weight excluding hydrogens is 168 g/mol. The summed E-state index contributed by atoms with van der Waals surface area (Å²) in [6.07, 6.45) is 4.35. The van der Waals surface area contributed by atoms with E-state index in [4.69, 9.17) is 4.74 Å². The van der Waals surface area contributed by atoms with Gasteiger partial charge in [-0.3, -0.25) is 4.79 Å². The zero-order valence-electron chi connectivity index (χ0n) is 7.32. The highest BCUT2D eigenvalue weighted by atomic mass is 16.5. The molecule has 13 heavy (non-hydrogen) atoms. The molecule has 1 aromatic rings. The molecule has 0 bridgehead atoms. The first-order valence-electron chi connectivity index (χ1n) is 4.48. The maximum atomic E-state index is 10.4. The van der Waals surface area contributed by atoms with Gasteiger partial charge < -0.3 is 9.72 Å². The molecule has 1 N–H and O–H groups in total. The van der Waals surface area contributed by atoms with Crippen molar-refractivity contribution in [1.29, 1.82) is 0 Å². The first kappa shape index (κ1) is 8.44. The molecular formula is C9H12N2O2. The number of aromatic nitrogens is 2. The van der Waals surface area contributed by atoms with Gasteiger partial charge >= 0.3 is 0 Å². The third-order valence-corrected chi connectivity index (χ3v) is 2.35. The van der Waals surface area contributed by atoms with E-state index in [9.17, 15) is 4.79 Å². The molecule has 0 aliphatic carbocycles. The van der Waals surface area contributed by atoms with Crippen molar-refractivity contribution < 1.29 is 9.53 Å². The Balaban J connectivity index is 2.09. The van der Waals surface area contributed by atoms with E-state index in [0.717, 1.165) is 38.2 Å². The minimum Gasteiger partial charge on any atom is -0.381 e. The van der Waals surface area contributed by atoms with Crippen molar-refractivity contribution in [3.63, 3.8) is 0 Å².